The molecule has 1 N–H and O–H groups in total. The minimum Gasteiger partial charge on any atom is -0.872 e. The molecule has 0 bridgehead atoms. The largest absolute Gasteiger partial charge is 0.872 e. The Morgan fingerprint density at radius 3 is 2.55 bits per heavy atom. The molecule has 0 radical (unpaired) electrons. The minimum absolute atomic E-state index is 0.0261. The van der Waals surface area contributed by atoms with Crippen molar-refractivity contribution in [1.29, 1.82) is 0 Å². The Balaban J connectivity index is 1.67. The molecular weight excluding hydrogens is 420 g/mol. The first-order chi connectivity index (χ1) is 16.0. The maximum Gasteiger partial charge on any atom is 0.295 e. The molecule has 2 aromatic rings. The SMILES string of the molecule is COc1ccc(/C([O-])=C2\C(=O)C(=O)N(CCC[NH+]3CCOCC3)C2c2ccccc2)c(C)c1. The predicted molar refractivity (Wildman–Crippen MR) is 122 cm³/mol. The Morgan fingerprint density at radius 1 is 1.15 bits per heavy atom. The van der Waals surface area contributed by atoms with Crippen LogP contribution in [0.15, 0.2) is 54.1 Å². The van der Waals surface area contributed by atoms with E-state index in [1.807, 2.05) is 30.3 Å². The number of hydrogen-bond donors (Lipinski definition) is 1. The Kier molecular flexibility index (Phi) is 7.11. The van der Waals surface area contributed by atoms with Crippen molar-refractivity contribution >= 4 is 17.4 Å². The van der Waals surface area contributed by atoms with Crippen LogP contribution in [0, 0.1) is 6.92 Å². The van der Waals surface area contributed by atoms with Crippen molar-refractivity contribution in [3.05, 3.63) is 70.8 Å². The molecule has 0 aromatic heterocycles. The van der Waals surface area contributed by atoms with Crippen LogP contribution in [-0.2, 0) is 14.3 Å². The highest BCUT2D eigenvalue weighted by atomic mass is 16.5. The van der Waals surface area contributed by atoms with Gasteiger partial charge in [0, 0.05) is 18.5 Å². The average Bonchev–Trinajstić information content (AvgIpc) is 3.10. The fourth-order valence-corrected chi connectivity index (χ4v) is 4.66. The quantitative estimate of drug-likeness (QED) is 0.378. The van der Waals surface area contributed by atoms with E-state index >= 15 is 0 Å². The van der Waals surface area contributed by atoms with E-state index in [1.165, 1.54) is 4.90 Å². The zero-order valence-corrected chi connectivity index (χ0v) is 19.1. The van der Waals surface area contributed by atoms with Gasteiger partial charge in [0.15, 0.2) is 0 Å². The number of Topliss-reactive ketones (excluding diaryl/α,β-unsaturated/α-hetero) is 1. The average molecular weight is 451 g/mol. The van der Waals surface area contributed by atoms with Crippen molar-refractivity contribution in [2.75, 3.05) is 46.5 Å². The minimum atomic E-state index is -0.706. The first-order valence-electron chi connectivity index (χ1n) is 11.4. The van der Waals surface area contributed by atoms with Gasteiger partial charge >= 0.3 is 0 Å². The molecule has 4 rings (SSSR count). The summed E-state index contributed by atoms with van der Waals surface area (Å²) >= 11 is 0. The molecule has 174 valence electrons. The molecule has 2 aliphatic rings. The number of nitrogens with zero attached hydrogens (tertiary/aromatic N) is 1. The summed E-state index contributed by atoms with van der Waals surface area (Å²) in [5, 5.41) is 13.6. The van der Waals surface area contributed by atoms with Gasteiger partial charge in [-0.05, 0) is 35.7 Å². The van der Waals surface area contributed by atoms with E-state index in [4.69, 9.17) is 9.47 Å². The molecule has 0 spiro atoms. The number of quaternary nitrogens is 1. The van der Waals surface area contributed by atoms with Gasteiger partial charge in [0.1, 0.15) is 18.8 Å². The number of ether oxygens (including phenoxy) is 2. The Bertz CT molecular complexity index is 1040. The Hall–Kier alpha value is -3.16. The van der Waals surface area contributed by atoms with Gasteiger partial charge in [-0.2, -0.15) is 0 Å². The smallest absolute Gasteiger partial charge is 0.295 e. The topological polar surface area (TPSA) is 83.3 Å². The van der Waals surface area contributed by atoms with Gasteiger partial charge in [-0.25, -0.2) is 0 Å². The zero-order chi connectivity index (χ0) is 23.4. The van der Waals surface area contributed by atoms with Crippen molar-refractivity contribution in [3.63, 3.8) is 0 Å². The number of amides is 1. The third-order valence-electron chi connectivity index (χ3n) is 6.45. The lowest BCUT2D eigenvalue weighted by Crippen LogP contribution is -3.14. The van der Waals surface area contributed by atoms with Crippen LogP contribution in [0.3, 0.4) is 0 Å². The van der Waals surface area contributed by atoms with Crippen LogP contribution >= 0.6 is 0 Å². The predicted octanol–water partition coefficient (Wildman–Crippen LogP) is 0.533. The zero-order valence-electron chi connectivity index (χ0n) is 19.1. The molecule has 33 heavy (non-hydrogen) atoms. The number of methoxy groups -OCH3 is 1. The summed E-state index contributed by atoms with van der Waals surface area (Å²) in [6.07, 6.45) is 0.751. The van der Waals surface area contributed by atoms with Crippen LogP contribution in [0.25, 0.3) is 5.76 Å². The molecule has 0 aliphatic carbocycles. The van der Waals surface area contributed by atoms with Crippen molar-refractivity contribution in [3.8, 4) is 5.75 Å². The second-order valence-electron chi connectivity index (χ2n) is 8.53. The molecule has 2 fully saturated rings. The highest BCUT2D eigenvalue weighted by Crippen LogP contribution is 2.39. The highest BCUT2D eigenvalue weighted by molar-refractivity contribution is 6.46. The van der Waals surface area contributed by atoms with Gasteiger partial charge in [0.2, 0.25) is 5.78 Å². The van der Waals surface area contributed by atoms with Gasteiger partial charge in [-0.1, -0.05) is 42.2 Å². The van der Waals surface area contributed by atoms with E-state index in [2.05, 4.69) is 0 Å². The Morgan fingerprint density at radius 2 is 1.88 bits per heavy atom. The highest BCUT2D eigenvalue weighted by Gasteiger charge is 2.44. The molecular formula is C26H30N2O5. The normalized spacial score (nSPS) is 20.9. The first kappa shape index (κ1) is 23.0. The number of hydrogen-bond acceptors (Lipinski definition) is 5. The number of morpholine rings is 1. The Labute approximate surface area is 194 Å². The summed E-state index contributed by atoms with van der Waals surface area (Å²) in [7, 11) is 1.56. The van der Waals surface area contributed by atoms with Crippen LogP contribution < -0.4 is 14.7 Å². The number of aryl methyl sites for hydroxylation is 1. The number of carbonyl (C=O) groups is 2. The molecule has 2 saturated heterocycles. The fourth-order valence-electron chi connectivity index (χ4n) is 4.66. The summed E-state index contributed by atoms with van der Waals surface area (Å²) in [5.74, 6) is -1.07. The number of rotatable bonds is 7. The molecule has 1 amide bonds. The molecule has 2 aromatic carbocycles. The third kappa shape index (κ3) is 4.79. The van der Waals surface area contributed by atoms with Gasteiger partial charge in [-0.3, -0.25) is 9.59 Å². The number of nitrogens with one attached hydrogen (secondary N) is 1. The molecule has 7 heteroatoms. The summed E-state index contributed by atoms with van der Waals surface area (Å²) in [5.41, 5.74) is 1.91. The van der Waals surface area contributed by atoms with E-state index in [-0.39, 0.29) is 5.57 Å². The molecule has 1 unspecified atom stereocenters. The van der Waals surface area contributed by atoms with Crippen molar-refractivity contribution < 1.29 is 29.1 Å². The lowest BCUT2D eigenvalue weighted by Gasteiger charge is -2.29. The van der Waals surface area contributed by atoms with E-state index in [0.717, 1.165) is 44.8 Å². The maximum absolute atomic E-state index is 13.6. The van der Waals surface area contributed by atoms with Crippen LogP contribution in [-0.4, -0.2) is 63.1 Å². The van der Waals surface area contributed by atoms with Gasteiger partial charge in [-0.15, -0.1) is 0 Å². The molecule has 2 heterocycles. The molecule has 0 saturated carbocycles. The van der Waals surface area contributed by atoms with Crippen LogP contribution in [0.4, 0.5) is 0 Å². The van der Waals surface area contributed by atoms with E-state index < -0.39 is 23.5 Å². The summed E-state index contributed by atoms with van der Waals surface area (Å²) in [4.78, 5) is 29.2. The first-order valence-corrected chi connectivity index (χ1v) is 11.4. The van der Waals surface area contributed by atoms with E-state index in [0.29, 0.717) is 23.4 Å². The van der Waals surface area contributed by atoms with E-state index in [1.54, 1.807) is 37.1 Å². The van der Waals surface area contributed by atoms with Gasteiger partial charge < -0.3 is 24.4 Å². The standard InChI is InChI=1S/C26H30N2O5/c1-18-17-20(32-2)9-10-21(18)24(29)22-23(19-7-4-3-5-8-19)28(26(31)25(22)30)12-6-11-27-13-15-33-16-14-27/h3-5,7-10,17,23,29H,6,11-16H2,1-2H3/b24-22+. The summed E-state index contributed by atoms with van der Waals surface area (Å²) in [6.45, 7) is 6.51. The maximum atomic E-state index is 13.6. The molecule has 7 nitrogen and oxygen atoms in total. The number of benzene rings is 2. The molecule has 2 aliphatic heterocycles. The fraction of sp³-hybridized carbons (Fsp3) is 0.385. The van der Waals surface area contributed by atoms with Crippen LogP contribution in [0.5, 0.6) is 5.75 Å². The van der Waals surface area contributed by atoms with Crippen molar-refractivity contribution in [2.24, 2.45) is 0 Å². The second kappa shape index (κ2) is 10.2. The number of carbonyl (C=O) groups excluding carboxylic acids is 2. The summed E-state index contributed by atoms with van der Waals surface area (Å²) < 4.78 is 10.7. The van der Waals surface area contributed by atoms with Crippen molar-refractivity contribution in [1.82, 2.24) is 4.90 Å². The number of likely N-dealkylation sites (tertiary alicyclic amines) is 1. The van der Waals surface area contributed by atoms with E-state index in [9.17, 15) is 14.7 Å². The van der Waals surface area contributed by atoms with Crippen LogP contribution in [0.2, 0.25) is 0 Å². The van der Waals surface area contributed by atoms with Gasteiger partial charge in [0.25, 0.3) is 5.91 Å². The third-order valence-corrected chi connectivity index (χ3v) is 6.45. The van der Waals surface area contributed by atoms with Crippen LogP contribution in [0.1, 0.15) is 29.2 Å². The lowest BCUT2D eigenvalue weighted by molar-refractivity contribution is -0.908. The number of ketones is 1. The lowest BCUT2D eigenvalue weighted by atomic mass is 9.94. The monoisotopic (exact) mass is 450 g/mol. The molecule has 1 atom stereocenters. The summed E-state index contributed by atoms with van der Waals surface area (Å²) in [6, 6.07) is 13.8. The van der Waals surface area contributed by atoms with Crippen molar-refractivity contribution in [2.45, 2.75) is 19.4 Å². The van der Waals surface area contributed by atoms with Gasteiger partial charge in [0.05, 0.1) is 32.9 Å². The second-order valence-corrected chi connectivity index (χ2v) is 8.53.